The molecular weight excluding hydrogens is 262 g/mol. The van der Waals surface area contributed by atoms with Crippen molar-refractivity contribution in [2.45, 2.75) is 59.4 Å². The van der Waals surface area contributed by atoms with Crippen LogP contribution in [0.5, 0.6) is 0 Å². The Kier molecular flexibility index (Phi) is 8.62. The van der Waals surface area contributed by atoms with E-state index in [2.05, 4.69) is 19.2 Å². The van der Waals surface area contributed by atoms with Crippen molar-refractivity contribution in [1.82, 2.24) is 5.32 Å². The predicted molar refractivity (Wildman–Crippen MR) is 90.8 cm³/mol. The number of nitrogens with two attached hydrogens (primary N) is 1. The van der Waals surface area contributed by atoms with Gasteiger partial charge in [0, 0.05) is 49.7 Å². The molecule has 0 aromatic rings. The second kappa shape index (κ2) is 9.96. The minimum Gasteiger partial charge on any atom is -0.402 e. The topological polar surface area (TPSA) is 59.6 Å². The number of ether oxygens (including phenoxy) is 1. The molecule has 2 aliphatic heterocycles. The van der Waals surface area contributed by atoms with E-state index in [4.69, 9.17) is 15.5 Å². The van der Waals surface area contributed by atoms with Crippen molar-refractivity contribution < 1.29 is 4.74 Å². The Balaban J connectivity index is 0.00000106. The van der Waals surface area contributed by atoms with E-state index in [1.807, 2.05) is 13.8 Å². The van der Waals surface area contributed by atoms with Crippen LogP contribution in [0.3, 0.4) is 0 Å². The summed E-state index contributed by atoms with van der Waals surface area (Å²) in [6.45, 7) is 12.0. The number of piperidine rings is 1. The van der Waals surface area contributed by atoms with Crippen molar-refractivity contribution in [3.63, 3.8) is 0 Å². The maximum absolute atomic E-state index is 6.33. The summed E-state index contributed by atoms with van der Waals surface area (Å²) in [5.74, 6) is 0.440. The fraction of sp³-hybridized carbons (Fsp3) is 0.824. The molecular formula is C17H33N3O. The lowest BCUT2D eigenvalue weighted by Crippen LogP contribution is -2.35. The van der Waals surface area contributed by atoms with Crippen LogP contribution in [0.25, 0.3) is 0 Å². The van der Waals surface area contributed by atoms with Gasteiger partial charge in [-0.25, -0.2) is 0 Å². The second-order valence-corrected chi connectivity index (χ2v) is 5.59. The van der Waals surface area contributed by atoms with Gasteiger partial charge in [-0.3, -0.25) is 4.99 Å². The zero-order valence-electron chi connectivity index (χ0n) is 14.2. The van der Waals surface area contributed by atoms with Gasteiger partial charge >= 0.3 is 0 Å². The quantitative estimate of drug-likeness (QED) is 0.841. The van der Waals surface area contributed by atoms with Gasteiger partial charge in [-0.05, 0) is 25.2 Å². The van der Waals surface area contributed by atoms with Crippen LogP contribution >= 0.6 is 0 Å². The van der Waals surface area contributed by atoms with E-state index in [9.17, 15) is 0 Å². The highest BCUT2D eigenvalue weighted by molar-refractivity contribution is 6.02. The fourth-order valence-electron chi connectivity index (χ4n) is 2.64. The molecule has 0 aromatic carbocycles. The summed E-state index contributed by atoms with van der Waals surface area (Å²) in [6, 6.07) is 0.432. The summed E-state index contributed by atoms with van der Waals surface area (Å²) in [5, 5.41) is 3.42. The highest BCUT2D eigenvalue weighted by atomic mass is 16.5. The first-order valence-electron chi connectivity index (χ1n) is 8.56. The summed E-state index contributed by atoms with van der Waals surface area (Å²) in [4.78, 5) is 4.97. The lowest BCUT2D eigenvalue weighted by Gasteiger charge is -2.26. The van der Waals surface area contributed by atoms with Gasteiger partial charge in [0.1, 0.15) is 0 Å². The average Bonchev–Trinajstić information content (AvgIpc) is 2.57. The molecule has 3 N–H and O–H groups in total. The van der Waals surface area contributed by atoms with Crippen LogP contribution in [-0.2, 0) is 4.74 Å². The summed E-state index contributed by atoms with van der Waals surface area (Å²) in [5.41, 5.74) is 9.86. The Hall–Kier alpha value is -0.870. The van der Waals surface area contributed by atoms with Crippen molar-refractivity contribution >= 4 is 5.71 Å². The van der Waals surface area contributed by atoms with Crippen LogP contribution in [0, 0.1) is 5.92 Å². The molecule has 0 unspecified atom stereocenters. The van der Waals surface area contributed by atoms with Gasteiger partial charge in [0.2, 0.25) is 0 Å². The molecule has 0 amide bonds. The van der Waals surface area contributed by atoms with Crippen molar-refractivity contribution in [1.29, 1.82) is 0 Å². The first-order chi connectivity index (χ1) is 10.2. The Morgan fingerprint density at radius 3 is 2.67 bits per heavy atom. The second-order valence-electron chi connectivity index (χ2n) is 5.59. The predicted octanol–water partition coefficient (Wildman–Crippen LogP) is 2.88. The highest BCUT2D eigenvalue weighted by Crippen LogP contribution is 2.20. The van der Waals surface area contributed by atoms with Crippen LogP contribution in [0.1, 0.15) is 53.4 Å². The van der Waals surface area contributed by atoms with E-state index in [1.165, 1.54) is 11.3 Å². The van der Waals surface area contributed by atoms with E-state index in [0.717, 1.165) is 57.7 Å². The lowest BCUT2D eigenvalue weighted by molar-refractivity contribution is 0.0870. The maximum Gasteiger partial charge on any atom is 0.0546 e. The number of allylic oxidation sites excluding steroid dienone is 1. The number of rotatable bonds is 3. The first-order valence-corrected chi connectivity index (χ1v) is 8.56. The molecule has 2 aliphatic rings. The summed E-state index contributed by atoms with van der Waals surface area (Å²) in [6.07, 6.45) is 4.19. The van der Waals surface area contributed by atoms with Crippen molar-refractivity contribution in [3.8, 4) is 0 Å². The largest absolute Gasteiger partial charge is 0.402 e. The first kappa shape index (κ1) is 18.2. The van der Waals surface area contributed by atoms with E-state index in [0.29, 0.717) is 12.0 Å². The molecule has 4 nitrogen and oxygen atoms in total. The van der Waals surface area contributed by atoms with Crippen LogP contribution in [0.4, 0.5) is 0 Å². The molecule has 2 rings (SSSR count). The molecule has 122 valence electrons. The van der Waals surface area contributed by atoms with Crippen LogP contribution < -0.4 is 11.1 Å². The molecule has 21 heavy (non-hydrogen) atoms. The van der Waals surface area contributed by atoms with Gasteiger partial charge in [-0.15, -0.1) is 0 Å². The average molecular weight is 295 g/mol. The minimum atomic E-state index is 0.432. The molecule has 2 fully saturated rings. The minimum absolute atomic E-state index is 0.432. The van der Waals surface area contributed by atoms with Gasteiger partial charge in [0.15, 0.2) is 0 Å². The molecule has 0 bridgehead atoms. The summed E-state index contributed by atoms with van der Waals surface area (Å²) >= 11 is 0. The SMILES string of the molecule is CC.CC[C@@H](C)/C(N)=C1\CNCCC1=NC1CCOCC1. The highest BCUT2D eigenvalue weighted by Gasteiger charge is 2.21. The third kappa shape index (κ3) is 5.44. The van der Waals surface area contributed by atoms with Gasteiger partial charge in [-0.2, -0.15) is 0 Å². The number of hydrogen-bond donors (Lipinski definition) is 2. The number of aliphatic imine (C=N–C) groups is 1. The Morgan fingerprint density at radius 1 is 1.38 bits per heavy atom. The van der Waals surface area contributed by atoms with Gasteiger partial charge < -0.3 is 15.8 Å². The molecule has 4 heteroatoms. The summed E-state index contributed by atoms with van der Waals surface area (Å²) < 4.78 is 5.40. The Labute approximate surface area is 130 Å². The zero-order valence-corrected chi connectivity index (χ0v) is 14.2. The third-order valence-corrected chi connectivity index (χ3v) is 4.21. The Morgan fingerprint density at radius 2 is 2.05 bits per heavy atom. The van der Waals surface area contributed by atoms with Gasteiger partial charge in [0.05, 0.1) is 6.04 Å². The van der Waals surface area contributed by atoms with Crippen molar-refractivity contribution in [2.24, 2.45) is 16.6 Å². The standard InChI is InChI=1S/C15H27N3O.C2H6/c1-3-11(2)15(16)13-10-17-7-4-14(13)18-12-5-8-19-9-6-12;1-2/h11-12,17H,3-10,16H2,1-2H3;1-2H3/b15-13-,18-14?;/t11-;/m1./s1. The number of nitrogens with zero attached hydrogens (tertiary/aromatic N) is 1. The summed E-state index contributed by atoms with van der Waals surface area (Å²) in [7, 11) is 0. The smallest absolute Gasteiger partial charge is 0.0546 e. The third-order valence-electron chi connectivity index (χ3n) is 4.21. The van der Waals surface area contributed by atoms with Crippen LogP contribution in [0.2, 0.25) is 0 Å². The zero-order chi connectivity index (χ0) is 15.7. The number of hydrogen-bond acceptors (Lipinski definition) is 4. The van der Waals surface area contributed by atoms with Crippen molar-refractivity contribution in [2.75, 3.05) is 26.3 Å². The molecule has 0 aliphatic carbocycles. The molecule has 2 heterocycles. The van der Waals surface area contributed by atoms with E-state index < -0.39 is 0 Å². The lowest BCUT2D eigenvalue weighted by atomic mass is 9.94. The van der Waals surface area contributed by atoms with E-state index >= 15 is 0 Å². The Bertz CT molecular complexity index is 357. The van der Waals surface area contributed by atoms with E-state index in [-0.39, 0.29) is 0 Å². The van der Waals surface area contributed by atoms with Crippen LogP contribution in [0.15, 0.2) is 16.3 Å². The molecule has 0 aromatic heterocycles. The fourth-order valence-corrected chi connectivity index (χ4v) is 2.64. The normalized spacial score (nSPS) is 26.0. The monoisotopic (exact) mass is 295 g/mol. The molecule has 1 atom stereocenters. The maximum atomic E-state index is 6.33. The van der Waals surface area contributed by atoms with E-state index in [1.54, 1.807) is 0 Å². The molecule has 0 spiro atoms. The molecule has 2 saturated heterocycles. The molecule has 0 radical (unpaired) electrons. The van der Waals surface area contributed by atoms with Gasteiger partial charge in [-0.1, -0.05) is 27.7 Å². The van der Waals surface area contributed by atoms with Crippen molar-refractivity contribution in [3.05, 3.63) is 11.3 Å². The van der Waals surface area contributed by atoms with Crippen LogP contribution in [-0.4, -0.2) is 38.1 Å². The van der Waals surface area contributed by atoms with Gasteiger partial charge in [0.25, 0.3) is 0 Å². The molecule has 0 saturated carbocycles. The number of nitrogens with one attached hydrogen (secondary N) is 1.